The lowest BCUT2D eigenvalue weighted by Crippen LogP contribution is -2.55. The monoisotopic (exact) mass is 202 g/mol. The van der Waals surface area contributed by atoms with Crippen molar-refractivity contribution in [1.82, 2.24) is 0 Å². The van der Waals surface area contributed by atoms with Crippen molar-refractivity contribution in [2.75, 3.05) is 0 Å². The van der Waals surface area contributed by atoms with Gasteiger partial charge < -0.3 is 15.3 Å². The second-order valence-corrected chi connectivity index (χ2v) is 5.06. The fourth-order valence-electron chi connectivity index (χ4n) is 2.15. The summed E-state index contributed by atoms with van der Waals surface area (Å²) >= 11 is 0. The predicted molar refractivity (Wildman–Crippen MR) is 50.8 cm³/mol. The van der Waals surface area contributed by atoms with Gasteiger partial charge in [0.15, 0.2) is 0 Å². The molecule has 4 nitrogen and oxygen atoms in total. The van der Waals surface area contributed by atoms with Crippen LogP contribution in [0.2, 0.25) is 0 Å². The summed E-state index contributed by atoms with van der Waals surface area (Å²) in [6, 6.07) is 0. The summed E-state index contributed by atoms with van der Waals surface area (Å²) in [7, 11) is 0. The van der Waals surface area contributed by atoms with Gasteiger partial charge in [-0.1, -0.05) is 13.8 Å². The summed E-state index contributed by atoms with van der Waals surface area (Å²) in [6.07, 6.45) is 0.562. The summed E-state index contributed by atoms with van der Waals surface area (Å²) in [6.45, 7) is 5.20. The molecule has 0 bridgehead atoms. The zero-order chi connectivity index (χ0) is 11.2. The quantitative estimate of drug-likeness (QED) is 0.618. The lowest BCUT2D eigenvalue weighted by molar-refractivity contribution is -0.176. The van der Waals surface area contributed by atoms with E-state index in [-0.39, 0.29) is 0 Å². The molecular weight excluding hydrogens is 184 g/mol. The van der Waals surface area contributed by atoms with E-state index in [9.17, 15) is 15.0 Å². The molecule has 0 saturated heterocycles. The van der Waals surface area contributed by atoms with Crippen molar-refractivity contribution in [3.8, 4) is 0 Å². The van der Waals surface area contributed by atoms with Crippen molar-refractivity contribution in [2.24, 2.45) is 5.41 Å². The molecule has 0 aromatic rings. The van der Waals surface area contributed by atoms with Crippen LogP contribution < -0.4 is 0 Å². The van der Waals surface area contributed by atoms with Crippen LogP contribution in [0.5, 0.6) is 0 Å². The number of hydrogen-bond donors (Lipinski definition) is 3. The number of carbonyl (C=O) groups is 1. The molecule has 0 heterocycles. The number of aliphatic carboxylic acids is 1. The molecule has 2 atom stereocenters. The van der Waals surface area contributed by atoms with E-state index in [1.54, 1.807) is 0 Å². The van der Waals surface area contributed by atoms with Gasteiger partial charge in [-0.15, -0.1) is 0 Å². The minimum Gasteiger partial charge on any atom is -0.481 e. The Labute approximate surface area is 83.6 Å². The third kappa shape index (κ3) is 1.42. The first kappa shape index (κ1) is 11.5. The Bertz CT molecular complexity index is 257. The average molecular weight is 202 g/mol. The molecule has 0 aromatic heterocycles. The highest BCUT2D eigenvalue weighted by molar-refractivity contribution is 5.68. The van der Waals surface area contributed by atoms with Gasteiger partial charge in [0.2, 0.25) is 0 Å². The minimum atomic E-state index is -1.50. The van der Waals surface area contributed by atoms with Crippen molar-refractivity contribution >= 4 is 5.97 Å². The van der Waals surface area contributed by atoms with Crippen LogP contribution in [0.15, 0.2) is 0 Å². The van der Waals surface area contributed by atoms with E-state index in [0.717, 1.165) is 0 Å². The molecule has 0 aliphatic heterocycles. The highest BCUT2D eigenvalue weighted by atomic mass is 16.4. The molecular formula is C10H18O4. The number of aliphatic hydroxyl groups is 2. The van der Waals surface area contributed by atoms with Gasteiger partial charge in [0.1, 0.15) is 5.60 Å². The van der Waals surface area contributed by atoms with Gasteiger partial charge in [-0.05, 0) is 25.2 Å². The normalized spacial score (nSPS) is 41.2. The van der Waals surface area contributed by atoms with E-state index in [1.165, 1.54) is 6.92 Å². The molecule has 14 heavy (non-hydrogen) atoms. The van der Waals surface area contributed by atoms with Crippen LogP contribution in [-0.2, 0) is 4.79 Å². The highest BCUT2D eigenvalue weighted by Gasteiger charge is 2.60. The molecule has 0 amide bonds. The zero-order valence-electron chi connectivity index (χ0n) is 8.87. The van der Waals surface area contributed by atoms with Gasteiger partial charge in [-0.25, -0.2) is 0 Å². The van der Waals surface area contributed by atoms with Gasteiger partial charge in [0.25, 0.3) is 0 Å². The van der Waals surface area contributed by atoms with Crippen LogP contribution in [0.4, 0.5) is 0 Å². The Balaban J connectivity index is 2.98. The van der Waals surface area contributed by atoms with E-state index < -0.39 is 29.0 Å². The van der Waals surface area contributed by atoms with Crippen LogP contribution in [0.25, 0.3) is 0 Å². The van der Waals surface area contributed by atoms with Crippen molar-refractivity contribution in [3.63, 3.8) is 0 Å². The number of carboxylic acids is 1. The fourth-order valence-corrected chi connectivity index (χ4v) is 2.15. The Morgan fingerprint density at radius 3 is 2.00 bits per heavy atom. The Hall–Kier alpha value is -0.610. The molecule has 3 N–H and O–H groups in total. The number of rotatable bonds is 2. The second-order valence-electron chi connectivity index (χ2n) is 5.06. The van der Waals surface area contributed by atoms with Crippen LogP contribution in [-0.4, -0.2) is 32.5 Å². The maximum atomic E-state index is 10.6. The Kier molecular flexibility index (Phi) is 2.41. The summed E-state index contributed by atoms with van der Waals surface area (Å²) < 4.78 is 0. The Morgan fingerprint density at radius 1 is 1.21 bits per heavy atom. The minimum absolute atomic E-state index is 0.333. The van der Waals surface area contributed by atoms with Gasteiger partial charge in [0, 0.05) is 0 Å². The van der Waals surface area contributed by atoms with E-state index in [1.807, 2.05) is 13.8 Å². The fraction of sp³-hybridized carbons (Fsp3) is 0.900. The first-order valence-corrected chi connectivity index (χ1v) is 4.79. The maximum absolute atomic E-state index is 10.6. The van der Waals surface area contributed by atoms with Crippen molar-refractivity contribution in [1.29, 1.82) is 0 Å². The zero-order valence-corrected chi connectivity index (χ0v) is 8.87. The summed E-state index contributed by atoms with van der Waals surface area (Å²) in [5, 5.41) is 28.9. The summed E-state index contributed by atoms with van der Waals surface area (Å²) in [4.78, 5) is 10.6. The molecule has 2 unspecified atom stereocenters. The molecule has 1 fully saturated rings. The smallest absolute Gasteiger partial charge is 0.306 e. The molecule has 82 valence electrons. The molecule has 0 radical (unpaired) electrons. The van der Waals surface area contributed by atoms with Gasteiger partial charge in [0.05, 0.1) is 12.0 Å². The predicted octanol–water partition coefficient (Wildman–Crippen LogP) is 0.763. The summed E-state index contributed by atoms with van der Waals surface area (Å²) in [5.74, 6) is -1.08. The van der Waals surface area contributed by atoms with Gasteiger partial charge >= 0.3 is 5.97 Å². The topological polar surface area (TPSA) is 77.8 Å². The van der Waals surface area contributed by atoms with Crippen LogP contribution in [0.1, 0.15) is 40.0 Å². The van der Waals surface area contributed by atoms with E-state index in [4.69, 9.17) is 5.11 Å². The van der Waals surface area contributed by atoms with Gasteiger partial charge in [-0.3, -0.25) is 4.79 Å². The van der Waals surface area contributed by atoms with Gasteiger partial charge in [-0.2, -0.15) is 0 Å². The third-order valence-electron chi connectivity index (χ3n) is 3.83. The molecule has 0 spiro atoms. The van der Waals surface area contributed by atoms with Crippen molar-refractivity contribution < 1.29 is 20.1 Å². The van der Waals surface area contributed by atoms with Crippen molar-refractivity contribution in [3.05, 3.63) is 0 Å². The third-order valence-corrected chi connectivity index (χ3v) is 3.83. The van der Waals surface area contributed by atoms with Crippen LogP contribution in [0.3, 0.4) is 0 Å². The molecule has 1 aliphatic carbocycles. The van der Waals surface area contributed by atoms with Crippen LogP contribution in [0, 0.1) is 5.41 Å². The van der Waals surface area contributed by atoms with E-state index in [2.05, 4.69) is 0 Å². The number of hydrogen-bond acceptors (Lipinski definition) is 3. The molecule has 0 aromatic carbocycles. The number of carboxylic acid groups (broad SMARTS) is 1. The first-order chi connectivity index (χ1) is 6.12. The standard InChI is InChI=1S/C10H18O4/c1-8(2)4-5-10(14,6-7(11)12)9(8,3)13/h13-14H,4-6H2,1-3H3,(H,11,12). The lowest BCUT2D eigenvalue weighted by atomic mass is 9.72. The van der Waals surface area contributed by atoms with E-state index >= 15 is 0 Å². The van der Waals surface area contributed by atoms with Crippen LogP contribution >= 0.6 is 0 Å². The average Bonchev–Trinajstić information content (AvgIpc) is 2.11. The van der Waals surface area contributed by atoms with Crippen molar-refractivity contribution in [2.45, 2.75) is 51.2 Å². The van der Waals surface area contributed by atoms with E-state index in [0.29, 0.717) is 12.8 Å². The molecule has 1 saturated carbocycles. The molecule has 1 aliphatic rings. The highest BCUT2D eigenvalue weighted by Crippen LogP contribution is 2.52. The molecule has 4 heteroatoms. The summed E-state index contributed by atoms with van der Waals surface area (Å²) in [5.41, 5.74) is -3.29. The maximum Gasteiger partial charge on any atom is 0.306 e. The first-order valence-electron chi connectivity index (χ1n) is 4.79. The Morgan fingerprint density at radius 2 is 1.71 bits per heavy atom. The second kappa shape index (κ2) is 2.94. The SMILES string of the molecule is CC1(C)CCC(O)(CC(=O)O)C1(C)O. The largest absolute Gasteiger partial charge is 0.481 e. The lowest BCUT2D eigenvalue weighted by Gasteiger charge is -2.42. The molecule has 1 rings (SSSR count).